The number of rotatable bonds is 6. The molecule has 1 fully saturated rings. The fraction of sp³-hybridized carbons (Fsp3) is 0.333. The van der Waals surface area contributed by atoms with Crippen LogP contribution in [0.5, 0.6) is 0 Å². The number of para-hydroxylation sites is 1. The highest BCUT2D eigenvalue weighted by molar-refractivity contribution is 7.89. The first-order valence-corrected chi connectivity index (χ1v) is 12.7. The van der Waals surface area contributed by atoms with Crippen molar-refractivity contribution in [1.29, 1.82) is 0 Å². The Hall–Kier alpha value is -2.68. The smallest absolute Gasteiger partial charge is 0.246 e. The van der Waals surface area contributed by atoms with Gasteiger partial charge in [-0.25, -0.2) is 13.1 Å². The number of aryl methyl sites for hydroxylation is 1. The van der Waals surface area contributed by atoms with Crippen molar-refractivity contribution in [2.45, 2.75) is 38.1 Å². The zero-order valence-corrected chi connectivity index (χ0v) is 20.2. The molecule has 7 nitrogen and oxygen atoms in total. The van der Waals surface area contributed by atoms with E-state index in [-0.39, 0.29) is 16.7 Å². The molecule has 1 N–H and O–H groups in total. The maximum Gasteiger partial charge on any atom is 0.246 e. The van der Waals surface area contributed by atoms with Crippen molar-refractivity contribution in [3.8, 4) is 5.69 Å². The first-order valence-electron chi connectivity index (χ1n) is 10.9. The van der Waals surface area contributed by atoms with E-state index in [1.165, 1.54) is 4.31 Å². The Balaban J connectivity index is 1.43. The third-order valence-corrected chi connectivity index (χ3v) is 8.58. The third kappa shape index (κ3) is 4.83. The molecule has 0 bridgehead atoms. The van der Waals surface area contributed by atoms with Crippen molar-refractivity contribution < 1.29 is 13.2 Å². The third-order valence-electron chi connectivity index (χ3n) is 6.06. The van der Waals surface area contributed by atoms with Gasteiger partial charge in [0.15, 0.2) is 0 Å². The molecule has 1 amide bonds. The first-order chi connectivity index (χ1) is 15.8. The summed E-state index contributed by atoms with van der Waals surface area (Å²) < 4.78 is 30.0. The molecule has 1 aliphatic rings. The number of hydrogen-bond donors (Lipinski definition) is 1. The van der Waals surface area contributed by atoms with Crippen LogP contribution in [0.1, 0.15) is 29.8 Å². The van der Waals surface area contributed by atoms with Crippen LogP contribution in [0.3, 0.4) is 0 Å². The van der Waals surface area contributed by atoms with Crippen LogP contribution in [-0.4, -0.2) is 41.5 Å². The van der Waals surface area contributed by atoms with Crippen LogP contribution in [0.4, 0.5) is 0 Å². The average Bonchev–Trinajstić information content (AvgIpc) is 3.13. The lowest BCUT2D eigenvalue weighted by atomic mass is 9.97. The Kier molecular flexibility index (Phi) is 6.88. The highest BCUT2D eigenvalue weighted by Crippen LogP contribution is 2.29. The summed E-state index contributed by atoms with van der Waals surface area (Å²) in [5, 5.41) is 8.02. The van der Waals surface area contributed by atoms with Gasteiger partial charge in [-0.05, 0) is 50.5 Å². The number of aromatic nitrogens is 2. The molecule has 0 atom stereocenters. The molecular weight excluding hydrogens is 460 g/mol. The van der Waals surface area contributed by atoms with Gasteiger partial charge >= 0.3 is 0 Å². The maximum absolute atomic E-state index is 13.5. The van der Waals surface area contributed by atoms with Gasteiger partial charge in [-0.15, -0.1) is 0 Å². The number of piperidine rings is 1. The monoisotopic (exact) mass is 486 g/mol. The molecule has 3 aromatic rings. The topological polar surface area (TPSA) is 84.3 Å². The van der Waals surface area contributed by atoms with Gasteiger partial charge in [-0.1, -0.05) is 48.0 Å². The Bertz CT molecular complexity index is 1250. The normalized spacial score (nSPS) is 15.5. The summed E-state index contributed by atoms with van der Waals surface area (Å²) in [5.41, 5.74) is 2.72. The number of carbonyl (C=O) groups excluding carboxylic acids is 1. The summed E-state index contributed by atoms with van der Waals surface area (Å²) in [5.74, 6) is -0.301. The summed E-state index contributed by atoms with van der Waals surface area (Å²) in [6.45, 7) is 4.43. The van der Waals surface area contributed by atoms with E-state index in [2.05, 4.69) is 10.4 Å². The summed E-state index contributed by atoms with van der Waals surface area (Å²) in [6.07, 6.45) is 0.941. The van der Waals surface area contributed by atoms with Crippen molar-refractivity contribution in [3.05, 3.63) is 76.6 Å². The molecule has 33 heavy (non-hydrogen) atoms. The lowest BCUT2D eigenvalue weighted by molar-refractivity contribution is -0.126. The molecule has 174 valence electrons. The van der Waals surface area contributed by atoms with Gasteiger partial charge in [-0.2, -0.15) is 9.40 Å². The number of nitrogens with one attached hydrogen (secondary N) is 1. The molecule has 2 aromatic carbocycles. The minimum Gasteiger partial charge on any atom is -0.352 e. The van der Waals surface area contributed by atoms with E-state index >= 15 is 0 Å². The average molecular weight is 487 g/mol. The summed E-state index contributed by atoms with van der Waals surface area (Å²) in [4.78, 5) is 12.9. The van der Waals surface area contributed by atoms with Crippen molar-refractivity contribution in [2.75, 3.05) is 13.1 Å². The zero-order valence-electron chi connectivity index (χ0n) is 18.7. The van der Waals surface area contributed by atoms with E-state index in [1.54, 1.807) is 24.6 Å². The highest BCUT2D eigenvalue weighted by atomic mass is 35.5. The number of sulfonamides is 1. The molecule has 1 aromatic heterocycles. The van der Waals surface area contributed by atoms with E-state index in [9.17, 15) is 13.2 Å². The number of carbonyl (C=O) groups is 1. The van der Waals surface area contributed by atoms with E-state index in [0.29, 0.717) is 48.9 Å². The zero-order chi connectivity index (χ0) is 23.6. The molecule has 4 rings (SSSR count). The van der Waals surface area contributed by atoms with Crippen LogP contribution in [0.15, 0.2) is 59.5 Å². The van der Waals surface area contributed by atoms with Crippen molar-refractivity contribution in [1.82, 2.24) is 19.4 Å². The van der Waals surface area contributed by atoms with Crippen molar-refractivity contribution in [3.63, 3.8) is 0 Å². The summed E-state index contributed by atoms with van der Waals surface area (Å²) in [7, 11) is -3.72. The minimum atomic E-state index is -3.72. The van der Waals surface area contributed by atoms with Crippen LogP contribution in [0.25, 0.3) is 5.69 Å². The summed E-state index contributed by atoms with van der Waals surface area (Å²) >= 11 is 6.16. The molecule has 2 heterocycles. The molecule has 9 heteroatoms. The Morgan fingerprint density at radius 3 is 2.36 bits per heavy atom. The van der Waals surface area contributed by atoms with E-state index < -0.39 is 10.0 Å². The number of halogens is 1. The van der Waals surface area contributed by atoms with Crippen LogP contribution in [0, 0.1) is 19.8 Å². The quantitative estimate of drug-likeness (QED) is 0.573. The Labute approximate surface area is 199 Å². The number of hydrogen-bond acceptors (Lipinski definition) is 4. The predicted molar refractivity (Wildman–Crippen MR) is 128 cm³/mol. The molecule has 1 aliphatic heterocycles. The van der Waals surface area contributed by atoms with Gasteiger partial charge in [0, 0.05) is 30.6 Å². The van der Waals surface area contributed by atoms with Crippen LogP contribution in [0.2, 0.25) is 5.02 Å². The lowest BCUT2D eigenvalue weighted by Crippen LogP contribution is -2.43. The Morgan fingerprint density at radius 2 is 1.70 bits per heavy atom. The number of benzene rings is 2. The molecule has 0 saturated carbocycles. The van der Waals surface area contributed by atoms with E-state index in [4.69, 9.17) is 11.6 Å². The molecule has 0 unspecified atom stereocenters. The number of amides is 1. The second-order valence-corrected chi connectivity index (χ2v) is 10.5. The Morgan fingerprint density at radius 1 is 1.06 bits per heavy atom. The van der Waals surface area contributed by atoms with Crippen molar-refractivity contribution >= 4 is 27.5 Å². The lowest BCUT2D eigenvalue weighted by Gasteiger charge is -2.30. The van der Waals surface area contributed by atoms with Gasteiger partial charge in [0.25, 0.3) is 0 Å². The second kappa shape index (κ2) is 9.67. The summed E-state index contributed by atoms with van der Waals surface area (Å²) in [6, 6.07) is 16.8. The molecule has 0 aliphatic carbocycles. The van der Waals surface area contributed by atoms with Crippen LogP contribution in [-0.2, 0) is 21.4 Å². The van der Waals surface area contributed by atoms with Gasteiger partial charge < -0.3 is 5.32 Å². The highest BCUT2D eigenvalue weighted by Gasteiger charge is 2.35. The van der Waals surface area contributed by atoms with Gasteiger partial charge in [0.2, 0.25) is 15.9 Å². The molecular formula is C24H27ClN4O3S. The van der Waals surface area contributed by atoms with Gasteiger partial charge in [0.05, 0.1) is 17.1 Å². The SMILES string of the molecule is Cc1nn(-c2ccccc2)c(C)c1S(=O)(=O)N1CCC(C(=O)NCc2ccccc2Cl)CC1. The van der Waals surface area contributed by atoms with Crippen LogP contribution < -0.4 is 5.32 Å². The minimum absolute atomic E-state index is 0.0729. The first kappa shape index (κ1) is 23.5. The maximum atomic E-state index is 13.5. The molecule has 0 radical (unpaired) electrons. The second-order valence-electron chi connectivity index (χ2n) is 8.23. The predicted octanol–water partition coefficient (Wildman–Crippen LogP) is 3.86. The van der Waals surface area contributed by atoms with E-state index in [0.717, 1.165) is 11.3 Å². The fourth-order valence-corrected chi connectivity index (χ4v) is 6.30. The van der Waals surface area contributed by atoms with E-state index in [1.807, 2.05) is 48.5 Å². The number of nitrogens with zero attached hydrogens (tertiary/aromatic N) is 3. The van der Waals surface area contributed by atoms with Gasteiger partial charge in [0.1, 0.15) is 4.90 Å². The van der Waals surface area contributed by atoms with Crippen molar-refractivity contribution in [2.24, 2.45) is 5.92 Å². The standard InChI is InChI=1S/C24H27ClN4O3S/c1-17-23(18(2)29(27-17)21-9-4-3-5-10-21)33(31,32)28-14-12-19(13-15-28)24(30)26-16-20-8-6-7-11-22(20)25/h3-11,19H,12-16H2,1-2H3,(H,26,30). The van der Waals surface area contributed by atoms with Crippen LogP contribution >= 0.6 is 11.6 Å². The molecule has 1 saturated heterocycles. The fourth-order valence-electron chi connectivity index (χ4n) is 4.28. The molecule has 0 spiro atoms. The largest absolute Gasteiger partial charge is 0.352 e. The van der Waals surface area contributed by atoms with Gasteiger partial charge in [-0.3, -0.25) is 4.79 Å².